The molecule has 0 amide bonds. The topological polar surface area (TPSA) is 84.8 Å². The minimum Gasteiger partial charge on any atom is -0.454 e. The predicted molar refractivity (Wildman–Crippen MR) is 150 cm³/mol. The number of aliphatic hydroxyl groups excluding tert-OH is 1. The predicted octanol–water partition coefficient (Wildman–Crippen LogP) is 5.97. The Labute approximate surface area is 233 Å². The molecule has 0 fully saturated rings. The highest BCUT2D eigenvalue weighted by Gasteiger charge is 2.25. The normalized spacial score (nSPS) is 14.8. The van der Waals surface area contributed by atoms with Crippen molar-refractivity contribution in [3.63, 3.8) is 0 Å². The third kappa shape index (κ3) is 10.9. The van der Waals surface area contributed by atoms with E-state index in [1.807, 2.05) is 18.2 Å². The van der Waals surface area contributed by atoms with Gasteiger partial charge in [-0.1, -0.05) is 39.2 Å². The Morgan fingerprint density at radius 3 is 2.26 bits per heavy atom. The van der Waals surface area contributed by atoms with Gasteiger partial charge in [0, 0.05) is 13.2 Å². The molecule has 0 aliphatic carbocycles. The molecule has 2 aliphatic heterocycles. The lowest BCUT2D eigenvalue weighted by molar-refractivity contribution is -0.184. The van der Waals surface area contributed by atoms with Crippen molar-refractivity contribution < 1.29 is 38.3 Å². The van der Waals surface area contributed by atoms with Crippen molar-refractivity contribution in [1.29, 1.82) is 0 Å². The van der Waals surface area contributed by atoms with Crippen LogP contribution in [0, 0.1) is 6.92 Å². The summed E-state index contributed by atoms with van der Waals surface area (Å²) in [5, 5.41) is 8.65. The molecule has 1 atom stereocenters. The fourth-order valence-electron chi connectivity index (χ4n) is 4.21. The summed E-state index contributed by atoms with van der Waals surface area (Å²) >= 11 is 0. The number of hydrogen-bond donors (Lipinski definition) is 1. The molecule has 0 radical (unpaired) electrons. The lowest BCUT2D eigenvalue weighted by Crippen LogP contribution is -2.24. The van der Waals surface area contributed by atoms with Crippen LogP contribution in [0.5, 0.6) is 23.0 Å². The van der Waals surface area contributed by atoms with E-state index in [-0.39, 0.29) is 0 Å². The van der Waals surface area contributed by atoms with Crippen LogP contribution in [0.15, 0.2) is 30.3 Å². The maximum absolute atomic E-state index is 8.65. The van der Waals surface area contributed by atoms with Gasteiger partial charge in [0.25, 0.3) is 0 Å². The van der Waals surface area contributed by atoms with E-state index in [4.69, 9.17) is 38.3 Å². The monoisotopic (exact) mass is 546 g/mol. The van der Waals surface area contributed by atoms with Crippen LogP contribution in [0.1, 0.15) is 69.1 Å². The molecule has 2 heterocycles. The van der Waals surface area contributed by atoms with Gasteiger partial charge >= 0.3 is 6.48 Å². The summed E-state index contributed by atoms with van der Waals surface area (Å²) < 4.78 is 38.4. The van der Waals surface area contributed by atoms with Crippen molar-refractivity contribution in [2.45, 2.75) is 78.6 Å². The number of aliphatic hydroxyl groups is 1. The molecule has 0 saturated heterocycles. The largest absolute Gasteiger partial charge is 0.454 e. The molecule has 2 aromatic carbocycles. The van der Waals surface area contributed by atoms with Gasteiger partial charge < -0.3 is 38.3 Å². The zero-order valence-corrected chi connectivity index (χ0v) is 23.9. The van der Waals surface area contributed by atoms with E-state index >= 15 is 0 Å². The van der Waals surface area contributed by atoms with Gasteiger partial charge in [0.15, 0.2) is 23.0 Å². The fourth-order valence-corrected chi connectivity index (χ4v) is 4.21. The molecule has 2 aliphatic rings. The summed E-state index contributed by atoms with van der Waals surface area (Å²) in [7, 11) is 0. The number of unbranched alkanes of at least 4 members (excludes halogenated alkanes) is 3. The molecule has 218 valence electrons. The molecule has 0 aromatic heterocycles. The Morgan fingerprint density at radius 1 is 0.744 bits per heavy atom. The van der Waals surface area contributed by atoms with Crippen LogP contribution < -0.4 is 18.9 Å². The summed E-state index contributed by atoms with van der Waals surface area (Å²) in [5.41, 5.74) is 3.80. The standard InChI is InChI=1S/C19H30O5.C12H16O3/c1-4-6-8-20-9-10-21-11-12-22-19-23-17-13-15(3)16(7-5-2)14-18(17)24-19;13-7-3-1-2-4-10-5-6-11-12(8-10)15-9-14-11/h13-14,19H,4-12H2,1-3H3;5-6,8,13H,1-4,7,9H2. The number of hydrogen-bond acceptors (Lipinski definition) is 8. The molecule has 8 heteroatoms. The lowest BCUT2D eigenvalue weighted by Gasteiger charge is -2.11. The molecule has 8 nitrogen and oxygen atoms in total. The van der Waals surface area contributed by atoms with Crippen molar-refractivity contribution in [1.82, 2.24) is 0 Å². The smallest absolute Gasteiger partial charge is 0.361 e. The van der Waals surface area contributed by atoms with Gasteiger partial charge in [-0.2, -0.15) is 0 Å². The van der Waals surface area contributed by atoms with E-state index in [0.717, 1.165) is 81.0 Å². The Kier molecular flexibility index (Phi) is 14.3. The first-order chi connectivity index (χ1) is 19.1. The van der Waals surface area contributed by atoms with Crippen molar-refractivity contribution in [3.8, 4) is 23.0 Å². The maximum Gasteiger partial charge on any atom is 0.361 e. The first-order valence-electron chi connectivity index (χ1n) is 14.4. The Balaban J connectivity index is 0.000000239. The van der Waals surface area contributed by atoms with Gasteiger partial charge in [-0.15, -0.1) is 0 Å². The third-order valence-corrected chi connectivity index (χ3v) is 6.42. The number of aryl methyl sites for hydroxylation is 3. The second kappa shape index (κ2) is 17.9. The van der Waals surface area contributed by atoms with Crippen LogP contribution in [0.25, 0.3) is 0 Å². The fraction of sp³-hybridized carbons (Fsp3) is 0.613. The quantitative estimate of drug-likeness (QED) is 0.243. The van der Waals surface area contributed by atoms with Gasteiger partial charge in [0.05, 0.1) is 26.4 Å². The number of rotatable bonds is 17. The molecule has 0 saturated carbocycles. The SMILES string of the molecule is CCCCOCCOCCOC1Oc2cc(C)c(CCC)cc2O1.OCCCCCc1ccc2c(c1)OCO2. The lowest BCUT2D eigenvalue weighted by atomic mass is 10.0. The third-order valence-electron chi connectivity index (χ3n) is 6.42. The Morgan fingerprint density at radius 2 is 1.49 bits per heavy atom. The van der Waals surface area contributed by atoms with Gasteiger partial charge in [-0.05, 0) is 80.0 Å². The maximum atomic E-state index is 8.65. The number of benzene rings is 2. The second-order valence-electron chi connectivity index (χ2n) is 9.67. The van der Waals surface area contributed by atoms with Gasteiger partial charge in [0.2, 0.25) is 6.79 Å². The molecular formula is C31H46O8. The number of fused-ring (bicyclic) bond motifs is 2. The summed E-state index contributed by atoms with van der Waals surface area (Å²) in [6.45, 7) is 9.30. The van der Waals surface area contributed by atoms with Crippen molar-refractivity contribution in [2.24, 2.45) is 0 Å². The highest BCUT2D eigenvalue weighted by atomic mass is 16.9. The molecule has 0 bridgehead atoms. The zero-order chi connectivity index (χ0) is 27.7. The average molecular weight is 547 g/mol. The van der Waals surface area contributed by atoms with E-state index in [9.17, 15) is 0 Å². The average Bonchev–Trinajstić information content (AvgIpc) is 3.57. The minimum absolute atomic E-state index is 0.293. The van der Waals surface area contributed by atoms with E-state index in [2.05, 4.69) is 32.9 Å². The highest BCUT2D eigenvalue weighted by molar-refractivity contribution is 5.48. The molecule has 1 unspecified atom stereocenters. The molecule has 0 spiro atoms. The van der Waals surface area contributed by atoms with Crippen LogP contribution >= 0.6 is 0 Å². The van der Waals surface area contributed by atoms with Crippen LogP contribution in [-0.2, 0) is 27.1 Å². The zero-order valence-electron chi connectivity index (χ0n) is 23.9. The van der Waals surface area contributed by atoms with Crippen LogP contribution in [-0.4, -0.2) is 58.0 Å². The van der Waals surface area contributed by atoms with Crippen LogP contribution in [0.3, 0.4) is 0 Å². The molecular weight excluding hydrogens is 500 g/mol. The highest BCUT2D eigenvalue weighted by Crippen LogP contribution is 2.37. The molecule has 1 N–H and O–H groups in total. The van der Waals surface area contributed by atoms with Crippen LogP contribution in [0.2, 0.25) is 0 Å². The van der Waals surface area contributed by atoms with Crippen molar-refractivity contribution in [3.05, 3.63) is 47.0 Å². The van der Waals surface area contributed by atoms with E-state index in [1.54, 1.807) is 0 Å². The van der Waals surface area contributed by atoms with E-state index in [1.165, 1.54) is 16.7 Å². The summed E-state index contributed by atoms with van der Waals surface area (Å²) in [6, 6.07) is 10.2. The second-order valence-corrected chi connectivity index (χ2v) is 9.67. The first kappa shape index (κ1) is 31.0. The van der Waals surface area contributed by atoms with Crippen molar-refractivity contribution in [2.75, 3.05) is 46.4 Å². The summed E-state index contributed by atoms with van der Waals surface area (Å²) in [4.78, 5) is 0. The molecule has 4 rings (SSSR count). The van der Waals surface area contributed by atoms with Gasteiger partial charge in [-0.25, -0.2) is 0 Å². The van der Waals surface area contributed by atoms with Gasteiger partial charge in [-0.3, -0.25) is 0 Å². The summed E-state index contributed by atoms with van der Waals surface area (Å²) in [6.07, 6.45) is 8.52. The van der Waals surface area contributed by atoms with Crippen molar-refractivity contribution >= 4 is 0 Å². The number of ether oxygens (including phenoxy) is 7. The van der Waals surface area contributed by atoms with E-state index < -0.39 is 6.48 Å². The minimum atomic E-state index is -0.680. The molecule has 39 heavy (non-hydrogen) atoms. The molecule has 2 aromatic rings. The van der Waals surface area contributed by atoms with Gasteiger partial charge in [0.1, 0.15) is 0 Å². The van der Waals surface area contributed by atoms with E-state index in [0.29, 0.717) is 39.8 Å². The first-order valence-corrected chi connectivity index (χ1v) is 14.4. The Bertz CT molecular complexity index is 964. The Hall–Kier alpha value is -2.52. The van der Waals surface area contributed by atoms with Crippen LogP contribution in [0.4, 0.5) is 0 Å². The summed E-state index contributed by atoms with van der Waals surface area (Å²) in [5.74, 6) is 3.21.